The van der Waals surface area contributed by atoms with E-state index in [1.54, 1.807) is 67.0 Å². The summed E-state index contributed by atoms with van der Waals surface area (Å²) in [7, 11) is 0. The SMILES string of the molecule is CC(=O)c1cccc(NC(=O)/C(=C/c2cccnc2)NC(=O)c2ccc(C)cc2)c1. The van der Waals surface area contributed by atoms with Crippen molar-refractivity contribution in [2.75, 3.05) is 5.32 Å². The summed E-state index contributed by atoms with van der Waals surface area (Å²) in [5, 5.41) is 5.40. The fourth-order valence-electron chi connectivity index (χ4n) is 2.70. The quantitative estimate of drug-likeness (QED) is 0.484. The van der Waals surface area contributed by atoms with Gasteiger partial charge in [0, 0.05) is 29.2 Å². The van der Waals surface area contributed by atoms with Crippen LogP contribution >= 0.6 is 0 Å². The van der Waals surface area contributed by atoms with Crippen molar-refractivity contribution in [3.8, 4) is 0 Å². The molecule has 2 amide bonds. The highest BCUT2D eigenvalue weighted by Crippen LogP contribution is 2.14. The van der Waals surface area contributed by atoms with Crippen molar-refractivity contribution in [1.82, 2.24) is 10.3 Å². The van der Waals surface area contributed by atoms with Crippen LogP contribution < -0.4 is 10.6 Å². The predicted molar refractivity (Wildman–Crippen MR) is 116 cm³/mol. The number of Topliss-reactive ketones (excluding diaryl/α,β-unsaturated/α-hetero) is 1. The number of carbonyl (C=O) groups excluding carboxylic acids is 3. The molecule has 2 aromatic carbocycles. The van der Waals surface area contributed by atoms with Gasteiger partial charge in [0.25, 0.3) is 11.8 Å². The lowest BCUT2D eigenvalue weighted by atomic mass is 10.1. The van der Waals surface area contributed by atoms with Crippen LogP contribution in [0, 0.1) is 6.92 Å². The maximum Gasteiger partial charge on any atom is 0.272 e. The summed E-state index contributed by atoms with van der Waals surface area (Å²) in [5.74, 6) is -1.03. The number of nitrogens with one attached hydrogen (secondary N) is 2. The van der Waals surface area contributed by atoms with Crippen LogP contribution in [0.15, 0.2) is 78.8 Å². The minimum absolute atomic E-state index is 0.0572. The molecule has 2 N–H and O–H groups in total. The van der Waals surface area contributed by atoms with Crippen molar-refractivity contribution in [3.63, 3.8) is 0 Å². The summed E-state index contributed by atoms with van der Waals surface area (Å²) in [6.07, 6.45) is 4.75. The zero-order valence-electron chi connectivity index (χ0n) is 16.7. The molecule has 0 aliphatic rings. The third kappa shape index (κ3) is 5.48. The maximum absolute atomic E-state index is 12.9. The number of nitrogens with zero attached hydrogens (tertiary/aromatic N) is 1. The van der Waals surface area contributed by atoms with Crippen LogP contribution in [-0.2, 0) is 4.79 Å². The smallest absolute Gasteiger partial charge is 0.272 e. The summed E-state index contributed by atoms with van der Waals surface area (Å²) in [6.45, 7) is 3.38. The number of anilines is 1. The standard InChI is InChI=1S/C24H21N3O3/c1-16-8-10-19(11-9-16)23(29)27-22(13-18-5-4-12-25-15-18)24(30)26-21-7-3-6-20(14-21)17(2)28/h3-15H,1-2H3,(H,26,30)(H,27,29)/b22-13-. The van der Waals surface area contributed by atoms with E-state index in [0.717, 1.165) is 5.56 Å². The second kappa shape index (κ2) is 9.43. The Balaban J connectivity index is 1.87. The number of carbonyl (C=O) groups is 3. The Labute approximate surface area is 174 Å². The minimum atomic E-state index is -0.514. The molecule has 6 heteroatoms. The Morgan fingerprint density at radius 1 is 0.933 bits per heavy atom. The number of amides is 2. The molecule has 1 heterocycles. The Hall–Kier alpha value is -4.06. The normalized spacial score (nSPS) is 10.9. The highest BCUT2D eigenvalue weighted by molar-refractivity contribution is 6.11. The second-order valence-corrected chi connectivity index (χ2v) is 6.76. The van der Waals surface area contributed by atoms with Gasteiger partial charge in [-0.05, 0) is 55.8 Å². The topological polar surface area (TPSA) is 88.2 Å². The summed E-state index contributed by atoms with van der Waals surface area (Å²) in [6, 6.07) is 17.2. The molecule has 0 bridgehead atoms. The number of pyridine rings is 1. The van der Waals surface area contributed by atoms with Crippen molar-refractivity contribution in [2.45, 2.75) is 13.8 Å². The molecule has 0 aliphatic heterocycles. The van der Waals surface area contributed by atoms with Gasteiger partial charge in [-0.2, -0.15) is 0 Å². The lowest BCUT2D eigenvalue weighted by Gasteiger charge is -2.12. The van der Waals surface area contributed by atoms with Gasteiger partial charge < -0.3 is 10.6 Å². The van der Waals surface area contributed by atoms with E-state index in [2.05, 4.69) is 15.6 Å². The number of rotatable bonds is 6. The molecule has 0 saturated carbocycles. The summed E-state index contributed by atoms with van der Waals surface area (Å²) < 4.78 is 0. The van der Waals surface area contributed by atoms with Gasteiger partial charge in [-0.15, -0.1) is 0 Å². The molecule has 150 valence electrons. The van der Waals surface area contributed by atoms with E-state index in [4.69, 9.17) is 0 Å². The molecule has 1 aromatic heterocycles. The van der Waals surface area contributed by atoms with Gasteiger partial charge in [0.15, 0.2) is 5.78 Å². The van der Waals surface area contributed by atoms with Crippen molar-refractivity contribution in [1.29, 1.82) is 0 Å². The molecule has 0 unspecified atom stereocenters. The molecule has 30 heavy (non-hydrogen) atoms. The maximum atomic E-state index is 12.9. The zero-order chi connectivity index (χ0) is 21.5. The molecule has 0 saturated heterocycles. The van der Waals surface area contributed by atoms with E-state index < -0.39 is 11.8 Å². The zero-order valence-corrected chi connectivity index (χ0v) is 16.7. The Morgan fingerprint density at radius 2 is 1.70 bits per heavy atom. The third-order valence-corrected chi connectivity index (χ3v) is 4.33. The second-order valence-electron chi connectivity index (χ2n) is 6.76. The van der Waals surface area contributed by atoms with E-state index in [9.17, 15) is 14.4 Å². The molecular formula is C24H21N3O3. The molecule has 3 rings (SSSR count). The largest absolute Gasteiger partial charge is 0.321 e. The van der Waals surface area contributed by atoms with Crippen molar-refractivity contribution < 1.29 is 14.4 Å². The van der Waals surface area contributed by atoms with Crippen LogP contribution in [0.4, 0.5) is 5.69 Å². The van der Waals surface area contributed by atoms with Gasteiger partial charge in [-0.1, -0.05) is 35.9 Å². The number of hydrogen-bond acceptors (Lipinski definition) is 4. The van der Waals surface area contributed by atoms with E-state index in [0.29, 0.717) is 22.4 Å². The molecule has 3 aromatic rings. The first kappa shape index (κ1) is 20.7. The van der Waals surface area contributed by atoms with Crippen LogP contribution in [0.1, 0.15) is 38.8 Å². The molecule has 0 aliphatic carbocycles. The van der Waals surface area contributed by atoms with Gasteiger partial charge in [-0.3, -0.25) is 19.4 Å². The fourth-order valence-corrected chi connectivity index (χ4v) is 2.70. The minimum Gasteiger partial charge on any atom is -0.321 e. The van der Waals surface area contributed by atoms with E-state index >= 15 is 0 Å². The van der Waals surface area contributed by atoms with Crippen LogP contribution in [0.5, 0.6) is 0 Å². The number of hydrogen-bond donors (Lipinski definition) is 2. The summed E-state index contributed by atoms with van der Waals surface area (Å²) in [5.41, 5.74) is 3.11. The third-order valence-electron chi connectivity index (χ3n) is 4.33. The Morgan fingerprint density at radius 3 is 2.37 bits per heavy atom. The van der Waals surface area contributed by atoms with Crippen LogP contribution in [0.2, 0.25) is 0 Å². The number of benzene rings is 2. The van der Waals surface area contributed by atoms with Gasteiger partial charge in [0.2, 0.25) is 0 Å². The molecule has 0 spiro atoms. The van der Waals surface area contributed by atoms with Gasteiger partial charge in [-0.25, -0.2) is 0 Å². The average Bonchev–Trinajstić information content (AvgIpc) is 2.74. The predicted octanol–water partition coefficient (Wildman–Crippen LogP) is 4.00. The van der Waals surface area contributed by atoms with Crippen LogP contribution in [0.3, 0.4) is 0 Å². The van der Waals surface area contributed by atoms with E-state index in [-0.39, 0.29) is 11.5 Å². The molecular weight excluding hydrogens is 378 g/mol. The van der Waals surface area contributed by atoms with Crippen molar-refractivity contribution >= 4 is 29.4 Å². The highest BCUT2D eigenvalue weighted by Gasteiger charge is 2.15. The molecule has 0 fully saturated rings. The Kier molecular flexibility index (Phi) is 6.49. The fraction of sp³-hybridized carbons (Fsp3) is 0.0833. The summed E-state index contributed by atoms with van der Waals surface area (Å²) in [4.78, 5) is 41.2. The number of aryl methyl sites for hydroxylation is 1. The molecule has 0 atom stereocenters. The first-order valence-electron chi connectivity index (χ1n) is 9.34. The molecule has 0 radical (unpaired) electrons. The van der Waals surface area contributed by atoms with Crippen molar-refractivity contribution in [2.24, 2.45) is 0 Å². The van der Waals surface area contributed by atoms with Crippen molar-refractivity contribution in [3.05, 3.63) is 101 Å². The first-order valence-corrected chi connectivity index (χ1v) is 9.34. The highest BCUT2D eigenvalue weighted by atomic mass is 16.2. The van der Waals surface area contributed by atoms with Gasteiger partial charge >= 0.3 is 0 Å². The van der Waals surface area contributed by atoms with Gasteiger partial charge in [0.05, 0.1) is 0 Å². The monoisotopic (exact) mass is 399 g/mol. The van der Waals surface area contributed by atoms with E-state index in [1.165, 1.54) is 6.92 Å². The number of ketones is 1. The molecule has 6 nitrogen and oxygen atoms in total. The Bertz CT molecular complexity index is 1100. The number of aromatic nitrogens is 1. The van der Waals surface area contributed by atoms with Crippen LogP contribution in [-0.4, -0.2) is 22.6 Å². The summed E-state index contributed by atoms with van der Waals surface area (Å²) >= 11 is 0. The lowest BCUT2D eigenvalue weighted by Crippen LogP contribution is -2.30. The lowest BCUT2D eigenvalue weighted by molar-refractivity contribution is -0.113. The van der Waals surface area contributed by atoms with E-state index in [1.807, 2.05) is 19.1 Å². The average molecular weight is 399 g/mol. The van der Waals surface area contributed by atoms with Gasteiger partial charge in [0.1, 0.15) is 5.70 Å². The first-order chi connectivity index (χ1) is 14.4. The van der Waals surface area contributed by atoms with Crippen LogP contribution in [0.25, 0.3) is 6.08 Å².